The normalized spacial score (nSPS) is 9.88. The van der Waals surface area contributed by atoms with Crippen molar-refractivity contribution in [3.8, 4) is 0 Å². The van der Waals surface area contributed by atoms with Crippen molar-refractivity contribution in [3.05, 3.63) is 0 Å². The minimum atomic E-state index is -3.58. The fourth-order valence-electron chi connectivity index (χ4n) is 0. The molecular weight excluding hydrogens is 131 g/mol. The average Bonchev–Trinajstić information content (AvgIpc) is 1.31. The van der Waals surface area contributed by atoms with E-state index < -0.39 is 11.9 Å². The molecule has 0 heterocycles. The summed E-state index contributed by atoms with van der Waals surface area (Å²) in [5.74, 6) is -5.67. The van der Waals surface area contributed by atoms with E-state index in [4.69, 9.17) is 20.4 Å². The molecule has 6 heteroatoms. The lowest BCUT2D eigenvalue weighted by atomic mass is 10.6. The number of hydrogen-bond donors (Lipinski definition) is 4. The Balaban J connectivity index is 0. The van der Waals surface area contributed by atoms with Crippen LogP contribution in [0.2, 0.25) is 0 Å². The van der Waals surface area contributed by atoms with Crippen LogP contribution in [0.5, 0.6) is 0 Å². The molecule has 0 amide bonds. The number of rotatable bonds is 1. The molecule has 0 saturated heterocycles. The van der Waals surface area contributed by atoms with Gasteiger partial charge >= 0.3 is 11.9 Å². The quantitative estimate of drug-likeness (QED) is 0.223. The third-order valence-corrected chi connectivity index (χ3v) is 0.287. The zero-order valence-corrected chi connectivity index (χ0v) is 3.20. The summed E-state index contributed by atoms with van der Waals surface area (Å²) >= 11 is 0. The SMILES string of the molecule is O=C(O)C(O)(O)O.[AlH3]. The molecule has 0 unspecified atom stereocenters. The molecule has 0 aliphatic carbocycles. The van der Waals surface area contributed by atoms with E-state index in [0.29, 0.717) is 0 Å². The third kappa shape index (κ3) is 4.05. The maximum atomic E-state index is 9.27. The summed E-state index contributed by atoms with van der Waals surface area (Å²) in [4.78, 5) is 9.27. The standard InChI is InChI=1S/C2H4O5.Al.3H/c3-1(4)2(5,6)7;;;;/h5-7H,(H,3,4);;;;. The van der Waals surface area contributed by atoms with Crippen molar-refractivity contribution in [2.24, 2.45) is 0 Å². The summed E-state index contributed by atoms with van der Waals surface area (Å²) in [6, 6.07) is 0. The van der Waals surface area contributed by atoms with Crippen molar-refractivity contribution >= 4 is 23.3 Å². The molecule has 0 bridgehead atoms. The zero-order chi connectivity index (χ0) is 6.08. The fraction of sp³-hybridized carbons (Fsp3) is 0.500. The fourth-order valence-corrected chi connectivity index (χ4v) is 0. The molecule has 0 saturated carbocycles. The Labute approximate surface area is 55.3 Å². The number of aliphatic carboxylic acids is 1. The predicted octanol–water partition coefficient (Wildman–Crippen LogP) is -3.48. The topological polar surface area (TPSA) is 98.0 Å². The Morgan fingerprint density at radius 2 is 1.38 bits per heavy atom. The lowest BCUT2D eigenvalue weighted by Gasteiger charge is -2.04. The van der Waals surface area contributed by atoms with Crippen LogP contribution in [-0.4, -0.2) is 49.7 Å². The summed E-state index contributed by atoms with van der Waals surface area (Å²) in [7, 11) is 0. The van der Waals surface area contributed by atoms with E-state index >= 15 is 0 Å². The second-order valence-electron chi connectivity index (χ2n) is 0.941. The summed E-state index contributed by atoms with van der Waals surface area (Å²) < 4.78 is 0. The van der Waals surface area contributed by atoms with E-state index in [1.54, 1.807) is 0 Å². The summed E-state index contributed by atoms with van der Waals surface area (Å²) in [5.41, 5.74) is 0. The number of carboxylic acid groups (broad SMARTS) is 1. The molecule has 0 fully saturated rings. The van der Waals surface area contributed by atoms with Crippen molar-refractivity contribution in [2.75, 3.05) is 0 Å². The van der Waals surface area contributed by atoms with E-state index in [0.717, 1.165) is 0 Å². The number of hydrogen-bond acceptors (Lipinski definition) is 4. The van der Waals surface area contributed by atoms with E-state index in [1.807, 2.05) is 0 Å². The highest BCUT2D eigenvalue weighted by Gasteiger charge is 2.28. The van der Waals surface area contributed by atoms with Gasteiger partial charge in [-0.3, -0.25) is 0 Å². The molecule has 4 N–H and O–H groups in total. The lowest BCUT2D eigenvalue weighted by Crippen LogP contribution is -2.37. The maximum absolute atomic E-state index is 9.27. The van der Waals surface area contributed by atoms with Crippen LogP contribution in [0.3, 0.4) is 0 Å². The largest absolute Gasteiger partial charge is 0.475 e. The highest BCUT2D eigenvalue weighted by Crippen LogP contribution is 1.88. The summed E-state index contributed by atoms with van der Waals surface area (Å²) in [6.07, 6.45) is 0. The van der Waals surface area contributed by atoms with E-state index in [9.17, 15) is 4.79 Å². The molecule has 0 radical (unpaired) electrons. The van der Waals surface area contributed by atoms with Crippen molar-refractivity contribution in [2.45, 2.75) is 5.97 Å². The zero-order valence-electron chi connectivity index (χ0n) is 3.20. The van der Waals surface area contributed by atoms with Crippen LogP contribution in [0.25, 0.3) is 0 Å². The van der Waals surface area contributed by atoms with Crippen molar-refractivity contribution < 1.29 is 25.2 Å². The van der Waals surface area contributed by atoms with Crippen LogP contribution < -0.4 is 0 Å². The van der Waals surface area contributed by atoms with Crippen LogP contribution >= 0.6 is 0 Å². The van der Waals surface area contributed by atoms with Crippen molar-refractivity contribution in [1.29, 1.82) is 0 Å². The second-order valence-corrected chi connectivity index (χ2v) is 0.941. The highest BCUT2D eigenvalue weighted by molar-refractivity contribution is 5.75. The molecule has 0 rings (SSSR count). The molecule has 8 heavy (non-hydrogen) atoms. The van der Waals surface area contributed by atoms with Gasteiger partial charge < -0.3 is 20.4 Å². The minimum absolute atomic E-state index is 0. The van der Waals surface area contributed by atoms with Gasteiger partial charge in [0.1, 0.15) is 0 Å². The van der Waals surface area contributed by atoms with Crippen LogP contribution in [0.4, 0.5) is 0 Å². The Morgan fingerprint density at radius 1 is 1.25 bits per heavy atom. The highest BCUT2D eigenvalue weighted by atomic mass is 27.0. The van der Waals surface area contributed by atoms with Crippen LogP contribution in [0.1, 0.15) is 0 Å². The van der Waals surface area contributed by atoms with Crippen LogP contribution in [-0.2, 0) is 4.79 Å². The molecular formula is C2H7AlO5. The molecule has 48 valence electrons. The Morgan fingerprint density at radius 3 is 1.38 bits per heavy atom. The predicted molar refractivity (Wildman–Crippen MR) is 27.0 cm³/mol. The number of aliphatic hydroxyl groups is 3. The molecule has 5 nitrogen and oxygen atoms in total. The van der Waals surface area contributed by atoms with Crippen molar-refractivity contribution in [3.63, 3.8) is 0 Å². The molecule has 0 atom stereocenters. The first kappa shape index (κ1) is 10.8. The second kappa shape index (κ2) is 3.02. The van der Waals surface area contributed by atoms with E-state index in [1.165, 1.54) is 0 Å². The van der Waals surface area contributed by atoms with Crippen molar-refractivity contribution in [1.82, 2.24) is 0 Å². The van der Waals surface area contributed by atoms with E-state index in [-0.39, 0.29) is 17.4 Å². The van der Waals surface area contributed by atoms with Gasteiger partial charge in [-0.15, -0.1) is 0 Å². The smallest absolute Gasteiger partial charge is 0.395 e. The minimum Gasteiger partial charge on any atom is -0.475 e. The van der Waals surface area contributed by atoms with Gasteiger partial charge in [0.2, 0.25) is 0 Å². The maximum Gasteiger partial charge on any atom is 0.395 e. The third-order valence-electron chi connectivity index (χ3n) is 0.287. The first-order valence-electron chi connectivity index (χ1n) is 1.35. The van der Waals surface area contributed by atoms with Gasteiger partial charge in [-0.25, -0.2) is 4.79 Å². The molecule has 0 aliphatic rings. The summed E-state index contributed by atoms with van der Waals surface area (Å²) in [5, 5.41) is 30.3. The molecule has 0 aromatic carbocycles. The average molecular weight is 138 g/mol. The summed E-state index contributed by atoms with van der Waals surface area (Å²) in [6.45, 7) is 0. The first-order valence-corrected chi connectivity index (χ1v) is 1.35. The number of carbonyl (C=O) groups is 1. The van der Waals surface area contributed by atoms with Crippen LogP contribution in [0.15, 0.2) is 0 Å². The van der Waals surface area contributed by atoms with Gasteiger partial charge in [0.15, 0.2) is 17.4 Å². The van der Waals surface area contributed by atoms with Gasteiger partial charge in [-0.1, -0.05) is 0 Å². The van der Waals surface area contributed by atoms with Gasteiger partial charge in [0, 0.05) is 0 Å². The van der Waals surface area contributed by atoms with E-state index in [2.05, 4.69) is 0 Å². The van der Waals surface area contributed by atoms with Gasteiger partial charge in [0.05, 0.1) is 0 Å². The van der Waals surface area contributed by atoms with Gasteiger partial charge in [-0.2, -0.15) is 0 Å². The monoisotopic (exact) mass is 138 g/mol. The Bertz CT molecular complexity index is 82.9. The Hall–Kier alpha value is -0.118. The first-order chi connectivity index (χ1) is 2.94. The van der Waals surface area contributed by atoms with Gasteiger partial charge in [0.25, 0.3) is 0 Å². The molecule has 0 aliphatic heterocycles. The molecule has 0 spiro atoms. The Kier molecular flexibility index (Phi) is 4.07. The number of carboxylic acids is 1. The molecule has 0 aromatic rings. The van der Waals surface area contributed by atoms with Crippen LogP contribution in [0, 0.1) is 0 Å². The molecule has 0 aromatic heterocycles. The lowest BCUT2D eigenvalue weighted by molar-refractivity contribution is -0.300. The van der Waals surface area contributed by atoms with Gasteiger partial charge in [-0.05, 0) is 0 Å².